The molecule has 2 heterocycles. The van der Waals surface area contributed by atoms with Gasteiger partial charge in [0.1, 0.15) is 22.7 Å². The smallest absolute Gasteiger partial charge is 0.494 e. The fourth-order valence-corrected chi connectivity index (χ4v) is 5.80. The molecule has 0 unspecified atom stereocenters. The number of nitrogens with two attached hydrogens (primary N) is 1. The van der Waals surface area contributed by atoms with Gasteiger partial charge in [0.15, 0.2) is 0 Å². The van der Waals surface area contributed by atoms with Crippen LogP contribution in [0.1, 0.15) is 80.6 Å². The standard InChI is InChI=1S/C36H47N6O11P/c1-10-42-27(17-22(2)40-42)31(44)39-34-38-26-18-24(30(37)43)19-28(48-9)29(26)41(34)16-15-23-11-13-25(14-12-23)53-54(47,51-20-49-32(45)35(3,4)5)52-21-50-33(46)36(6,7)8/h11-14,17-19H,10,15-16,20-21H2,1-9H3,(H2,37,43)(H,38,39,44). The van der Waals surface area contributed by atoms with Crippen LogP contribution < -0.4 is 20.3 Å². The van der Waals surface area contributed by atoms with Crippen molar-refractivity contribution in [3.8, 4) is 11.5 Å². The highest BCUT2D eigenvalue weighted by atomic mass is 31.2. The Kier molecular flexibility index (Phi) is 12.9. The molecule has 0 saturated heterocycles. The zero-order valence-corrected chi connectivity index (χ0v) is 32.8. The number of rotatable bonds is 16. The number of aromatic nitrogens is 4. The van der Waals surface area contributed by atoms with Crippen LogP contribution in [0.15, 0.2) is 42.5 Å². The summed E-state index contributed by atoms with van der Waals surface area (Å²) in [5.74, 6) is -1.72. The second-order valence-electron chi connectivity index (χ2n) is 14.2. The Hall–Kier alpha value is -5.25. The van der Waals surface area contributed by atoms with E-state index >= 15 is 0 Å². The number of phosphoric ester groups is 1. The van der Waals surface area contributed by atoms with E-state index in [1.165, 1.54) is 31.4 Å². The lowest BCUT2D eigenvalue weighted by Crippen LogP contribution is -2.25. The van der Waals surface area contributed by atoms with Crippen LogP contribution in [0.25, 0.3) is 11.0 Å². The van der Waals surface area contributed by atoms with Crippen molar-refractivity contribution in [1.82, 2.24) is 19.3 Å². The maximum Gasteiger partial charge on any atom is 0.535 e. The lowest BCUT2D eigenvalue weighted by Gasteiger charge is -2.21. The number of primary amides is 1. The van der Waals surface area contributed by atoms with Crippen molar-refractivity contribution < 1.29 is 51.5 Å². The van der Waals surface area contributed by atoms with Gasteiger partial charge in [-0.15, -0.1) is 0 Å². The van der Waals surface area contributed by atoms with Crippen LogP contribution in [0.2, 0.25) is 0 Å². The number of hydrogen-bond donors (Lipinski definition) is 2. The zero-order valence-electron chi connectivity index (χ0n) is 31.9. The van der Waals surface area contributed by atoms with Gasteiger partial charge >= 0.3 is 19.8 Å². The van der Waals surface area contributed by atoms with Gasteiger partial charge in [-0.2, -0.15) is 5.10 Å². The van der Waals surface area contributed by atoms with E-state index in [9.17, 15) is 23.7 Å². The number of hydrogen-bond acceptors (Lipinski definition) is 13. The van der Waals surface area contributed by atoms with Gasteiger partial charge in [-0.05, 0) is 97.7 Å². The zero-order chi connectivity index (χ0) is 40.0. The predicted molar refractivity (Wildman–Crippen MR) is 197 cm³/mol. The molecule has 292 valence electrons. The largest absolute Gasteiger partial charge is 0.535 e. The number of nitrogens with zero attached hydrogens (tertiary/aromatic N) is 4. The van der Waals surface area contributed by atoms with E-state index in [1.807, 2.05) is 6.92 Å². The molecule has 4 rings (SSSR count). The number of carbonyl (C=O) groups excluding carboxylic acids is 4. The summed E-state index contributed by atoms with van der Waals surface area (Å²) in [4.78, 5) is 54.6. The van der Waals surface area contributed by atoms with Crippen molar-refractivity contribution in [2.75, 3.05) is 26.0 Å². The third kappa shape index (κ3) is 10.5. The second kappa shape index (κ2) is 16.8. The van der Waals surface area contributed by atoms with Crippen molar-refractivity contribution in [2.45, 2.75) is 74.9 Å². The van der Waals surface area contributed by atoms with Crippen molar-refractivity contribution in [1.29, 1.82) is 0 Å². The molecular formula is C36H47N6O11P. The molecule has 0 fully saturated rings. The number of phosphoric acid groups is 1. The number of imidazole rings is 1. The highest BCUT2D eigenvalue weighted by Gasteiger charge is 2.33. The van der Waals surface area contributed by atoms with Gasteiger partial charge in [0.05, 0.1) is 29.2 Å². The molecule has 0 atom stereocenters. The molecule has 2 amide bonds. The third-order valence-corrected chi connectivity index (χ3v) is 9.04. The van der Waals surface area contributed by atoms with Crippen LogP contribution in [0.5, 0.6) is 11.5 Å². The maximum atomic E-state index is 13.6. The van der Waals surface area contributed by atoms with Crippen LogP contribution in [-0.4, -0.2) is 63.8 Å². The molecule has 2 aromatic carbocycles. The number of methoxy groups -OCH3 is 1. The quantitative estimate of drug-likeness (QED) is 0.0787. The molecule has 54 heavy (non-hydrogen) atoms. The molecule has 0 aliphatic heterocycles. The number of esters is 2. The van der Waals surface area contributed by atoms with E-state index in [4.69, 9.17) is 33.5 Å². The number of fused-ring (bicyclic) bond motifs is 1. The molecular weight excluding hydrogens is 723 g/mol. The Morgan fingerprint density at radius 1 is 0.907 bits per heavy atom. The summed E-state index contributed by atoms with van der Waals surface area (Å²) >= 11 is 0. The first-order valence-electron chi connectivity index (χ1n) is 17.0. The molecule has 0 bridgehead atoms. The fraction of sp³-hybridized carbons (Fsp3) is 0.444. The first kappa shape index (κ1) is 41.5. The van der Waals surface area contributed by atoms with E-state index in [2.05, 4.69) is 15.4 Å². The number of aryl methyl sites for hydroxylation is 4. The van der Waals surface area contributed by atoms with E-state index in [-0.39, 0.29) is 23.8 Å². The fourth-order valence-electron chi connectivity index (χ4n) is 4.87. The lowest BCUT2D eigenvalue weighted by molar-refractivity contribution is -0.162. The lowest BCUT2D eigenvalue weighted by atomic mass is 9.98. The molecule has 0 radical (unpaired) electrons. The van der Waals surface area contributed by atoms with E-state index in [1.54, 1.807) is 75.9 Å². The summed E-state index contributed by atoms with van der Waals surface area (Å²) in [5.41, 5.74) is 6.76. The number of nitrogens with one attached hydrogen (secondary N) is 1. The first-order chi connectivity index (χ1) is 25.2. The number of ether oxygens (including phenoxy) is 3. The van der Waals surface area contributed by atoms with Crippen LogP contribution in [0.4, 0.5) is 5.95 Å². The van der Waals surface area contributed by atoms with E-state index < -0.39 is 56.0 Å². The van der Waals surface area contributed by atoms with Gasteiger partial charge in [0, 0.05) is 18.7 Å². The summed E-state index contributed by atoms with van der Waals surface area (Å²) in [7, 11) is -3.04. The predicted octanol–water partition coefficient (Wildman–Crippen LogP) is 5.78. The van der Waals surface area contributed by atoms with Crippen LogP contribution in [-0.2, 0) is 52.2 Å². The molecule has 17 nitrogen and oxygen atoms in total. The topological polar surface area (TPSA) is 214 Å². The summed E-state index contributed by atoms with van der Waals surface area (Å²) in [6.45, 7) is 12.8. The van der Waals surface area contributed by atoms with Crippen LogP contribution in [0, 0.1) is 17.8 Å². The van der Waals surface area contributed by atoms with Gasteiger partial charge in [-0.25, -0.2) is 18.6 Å². The Morgan fingerprint density at radius 3 is 2.02 bits per heavy atom. The SMILES string of the molecule is CCn1nc(C)cc1C(=O)Nc1nc2cc(C(N)=O)cc(OC)c2n1CCc1ccc(OP(=O)(OCOC(=O)C(C)(C)C)OCOC(=O)C(C)(C)C)cc1. The van der Waals surface area contributed by atoms with Crippen LogP contribution in [0.3, 0.4) is 0 Å². The van der Waals surface area contributed by atoms with Crippen molar-refractivity contribution in [3.63, 3.8) is 0 Å². The normalized spacial score (nSPS) is 12.0. The first-order valence-corrected chi connectivity index (χ1v) is 18.5. The van der Waals surface area contributed by atoms with E-state index in [0.29, 0.717) is 41.1 Å². The molecule has 0 saturated carbocycles. The highest BCUT2D eigenvalue weighted by molar-refractivity contribution is 7.48. The Labute approximate surface area is 313 Å². The summed E-state index contributed by atoms with van der Waals surface area (Å²) in [6, 6.07) is 11.2. The van der Waals surface area contributed by atoms with Gasteiger partial charge in [0.25, 0.3) is 5.91 Å². The highest BCUT2D eigenvalue weighted by Crippen LogP contribution is 2.49. The molecule has 18 heteroatoms. The second-order valence-corrected chi connectivity index (χ2v) is 15.8. The van der Waals surface area contributed by atoms with E-state index in [0.717, 1.165) is 5.56 Å². The number of benzene rings is 2. The minimum absolute atomic E-state index is 0.0795. The molecule has 3 N–H and O–H groups in total. The summed E-state index contributed by atoms with van der Waals surface area (Å²) in [6.07, 6.45) is 0.400. The maximum absolute atomic E-state index is 13.6. The minimum Gasteiger partial charge on any atom is -0.494 e. The summed E-state index contributed by atoms with van der Waals surface area (Å²) in [5, 5.41) is 7.23. The molecule has 2 aromatic heterocycles. The van der Waals surface area contributed by atoms with Crippen molar-refractivity contribution >= 4 is 48.6 Å². The Bertz CT molecular complexity index is 2020. The third-order valence-electron chi connectivity index (χ3n) is 7.76. The average Bonchev–Trinajstić information content (AvgIpc) is 3.65. The van der Waals surface area contributed by atoms with Crippen LogP contribution >= 0.6 is 7.82 Å². The number of amides is 2. The monoisotopic (exact) mass is 770 g/mol. The molecule has 0 aliphatic rings. The van der Waals surface area contributed by atoms with Gasteiger partial charge < -0.3 is 29.0 Å². The van der Waals surface area contributed by atoms with Crippen molar-refractivity contribution in [3.05, 3.63) is 65.0 Å². The summed E-state index contributed by atoms with van der Waals surface area (Å²) < 4.78 is 48.8. The molecule has 0 spiro atoms. The number of carbonyl (C=O) groups is 4. The molecule has 4 aromatic rings. The Morgan fingerprint density at radius 2 is 1.50 bits per heavy atom. The average molecular weight is 771 g/mol. The van der Waals surface area contributed by atoms with Crippen molar-refractivity contribution in [2.24, 2.45) is 16.6 Å². The minimum atomic E-state index is -4.49. The Balaban J connectivity index is 1.56. The number of anilines is 1. The molecule has 0 aliphatic carbocycles. The van der Waals surface area contributed by atoms with Gasteiger partial charge in [-0.3, -0.25) is 29.2 Å². The van der Waals surface area contributed by atoms with Gasteiger partial charge in [0.2, 0.25) is 25.4 Å². The van der Waals surface area contributed by atoms with Gasteiger partial charge in [-0.1, -0.05) is 12.1 Å².